The summed E-state index contributed by atoms with van der Waals surface area (Å²) in [4.78, 5) is 14.8. The van der Waals surface area contributed by atoms with Gasteiger partial charge in [0.15, 0.2) is 0 Å². The van der Waals surface area contributed by atoms with Gasteiger partial charge in [-0.25, -0.2) is 0 Å². The molecular weight excluding hydrogens is 264 g/mol. The smallest absolute Gasteiger partial charge is 0.226 e. The van der Waals surface area contributed by atoms with Gasteiger partial charge in [-0.2, -0.15) is 0 Å². The maximum Gasteiger partial charge on any atom is 0.226 e. The number of ether oxygens (including phenoxy) is 1. The Hall–Kier alpha value is -1.55. The fourth-order valence-electron chi connectivity index (χ4n) is 3.70. The number of nitrogens with two attached hydrogens (primary N) is 1. The van der Waals surface area contributed by atoms with Crippen LogP contribution in [0.4, 0.5) is 0 Å². The van der Waals surface area contributed by atoms with Crippen molar-refractivity contribution in [2.24, 2.45) is 11.7 Å². The van der Waals surface area contributed by atoms with Gasteiger partial charge in [-0.15, -0.1) is 0 Å². The predicted molar refractivity (Wildman–Crippen MR) is 82.0 cm³/mol. The van der Waals surface area contributed by atoms with Crippen molar-refractivity contribution in [2.75, 3.05) is 13.7 Å². The van der Waals surface area contributed by atoms with Crippen LogP contribution in [-0.4, -0.2) is 30.5 Å². The molecule has 1 saturated heterocycles. The van der Waals surface area contributed by atoms with Gasteiger partial charge in [0, 0.05) is 18.5 Å². The molecule has 21 heavy (non-hydrogen) atoms. The Bertz CT molecular complexity index is 517. The van der Waals surface area contributed by atoms with Crippen molar-refractivity contribution >= 4 is 5.91 Å². The number of amides is 1. The highest BCUT2D eigenvalue weighted by Gasteiger charge is 2.36. The third-order valence-corrected chi connectivity index (χ3v) is 4.84. The van der Waals surface area contributed by atoms with Gasteiger partial charge in [0.1, 0.15) is 5.75 Å². The second kappa shape index (κ2) is 6.06. The molecule has 2 fully saturated rings. The van der Waals surface area contributed by atoms with Crippen LogP contribution in [0.15, 0.2) is 24.3 Å². The molecule has 1 saturated carbocycles. The summed E-state index contributed by atoms with van der Waals surface area (Å²) >= 11 is 0. The fourth-order valence-corrected chi connectivity index (χ4v) is 3.70. The average molecular weight is 288 g/mol. The van der Waals surface area contributed by atoms with Crippen LogP contribution in [0.3, 0.4) is 0 Å². The van der Waals surface area contributed by atoms with E-state index in [4.69, 9.17) is 10.5 Å². The van der Waals surface area contributed by atoms with Gasteiger partial charge in [-0.1, -0.05) is 12.1 Å². The molecule has 1 aromatic carbocycles. The van der Waals surface area contributed by atoms with Crippen molar-refractivity contribution in [3.8, 4) is 5.75 Å². The van der Waals surface area contributed by atoms with E-state index in [0.29, 0.717) is 5.91 Å². The minimum atomic E-state index is 0.131. The molecule has 0 unspecified atom stereocenters. The Labute approximate surface area is 126 Å². The van der Waals surface area contributed by atoms with Crippen LogP contribution in [0.1, 0.15) is 43.7 Å². The Morgan fingerprint density at radius 1 is 1.33 bits per heavy atom. The molecule has 4 heteroatoms. The molecule has 0 radical (unpaired) electrons. The number of hydrogen-bond acceptors (Lipinski definition) is 3. The third kappa shape index (κ3) is 2.91. The summed E-state index contributed by atoms with van der Waals surface area (Å²) in [5.41, 5.74) is 7.14. The molecule has 1 amide bonds. The van der Waals surface area contributed by atoms with E-state index in [1.807, 2.05) is 12.1 Å². The molecule has 3 rings (SSSR count). The minimum absolute atomic E-state index is 0.131. The molecule has 3 atom stereocenters. The summed E-state index contributed by atoms with van der Waals surface area (Å²) in [5, 5.41) is 0. The summed E-state index contributed by atoms with van der Waals surface area (Å²) in [6.07, 6.45) is 4.89. The number of likely N-dealkylation sites (tertiary alicyclic amines) is 1. The van der Waals surface area contributed by atoms with E-state index in [9.17, 15) is 4.79 Å². The zero-order chi connectivity index (χ0) is 14.8. The standard InChI is InChI=1S/C17H24N2O2/c1-21-15-5-2-4-12(11-15)16-6-3-9-19(16)17(20)13-7-8-14(18)10-13/h2,4-5,11,13-14,16H,3,6-10,18H2,1H3/t13-,14+,16+/m1/s1. The largest absolute Gasteiger partial charge is 0.497 e. The zero-order valence-electron chi connectivity index (χ0n) is 12.6. The monoisotopic (exact) mass is 288 g/mol. The molecule has 114 valence electrons. The van der Waals surface area contributed by atoms with Gasteiger partial charge in [-0.05, 0) is 49.8 Å². The van der Waals surface area contributed by atoms with E-state index >= 15 is 0 Å². The van der Waals surface area contributed by atoms with E-state index in [1.165, 1.54) is 5.56 Å². The number of benzene rings is 1. The molecule has 2 aliphatic rings. The van der Waals surface area contributed by atoms with Crippen molar-refractivity contribution in [1.29, 1.82) is 0 Å². The lowest BCUT2D eigenvalue weighted by Crippen LogP contribution is -2.35. The highest BCUT2D eigenvalue weighted by Crippen LogP contribution is 2.36. The van der Waals surface area contributed by atoms with Gasteiger partial charge in [0.2, 0.25) is 5.91 Å². The highest BCUT2D eigenvalue weighted by atomic mass is 16.5. The van der Waals surface area contributed by atoms with E-state index in [2.05, 4.69) is 17.0 Å². The normalized spacial score (nSPS) is 28.9. The van der Waals surface area contributed by atoms with Gasteiger partial charge in [0.05, 0.1) is 13.2 Å². The number of methoxy groups -OCH3 is 1. The maximum atomic E-state index is 12.8. The third-order valence-electron chi connectivity index (χ3n) is 4.84. The van der Waals surface area contributed by atoms with Crippen molar-refractivity contribution in [3.63, 3.8) is 0 Å². The van der Waals surface area contributed by atoms with Crippen LogP contribution in [0.25, 0.3) is 0 Å². The number of hydrogen-bond donors (Lipinski definition) is 1. The first-order valence-electron chi connectivity index (χ1n) is 7.89. The van der Waals surface area contributed by atoms with E-state index in [0.717, 1.165) is 44.4 Å². The highest BCUT2D eigenvalue weighted by molar-refractivity contribution is 5.80. The van der Waals surface area contributed by atoms with Gasteiger partial charge >= 0.3 is 0 Å². The molecule has 0 bridgehead atoms. The van der Waals surface area contributed by atoms with Gasteiger partial charge < -0.3 is 15.4 Å². The molecule has 0 spiro atoms. The molecule has 1 aliphatic heterocycles. The van der Waals surface area contributed by atoms with Crippen molar-refractivity contribution in [2.45, 2.75) is 44.2 Å². The number of nitrogens with zero attached hydrogens (tertiary/aromatic N) is 1. The van der Waals surface area contributed by atoms with Crippen molar-refractivity contribution < 1.29 is 9.53 Å². The van der Waals surface area contributed by atoms with E-state index in [-0.39, 0.29) is 18.0 Å². The molecule has 0 aromatic heterocycles. The first kappa shape index (κ1) is 14.4. The molecule has 1 aromatic rings. The Morgan fingerprint density at radius 3 is 2.90 bits per heavy atom. The fraction of sp³-hybridized carbons (Fsp3) is 0.588. The number of rotatable bonds is 3. The first-order valence-corrected chi connectivity index (χ1v) is 7.89. The van der Waals surface area contributed by atoms with Crippen molar-refractivity contribution in [1.82, 2.24) is 4.90 Å². The summed E-state index contributed by atoms with van der Waals surface area (Å²) in [6.45, 7) is 0.868. The van der Waals surface area contributed by atoms with E-state index < -0.39 is 0 Å². The lowest BCUT2D eigenvalue weighted by Gasteiger charge is -2.28. The molecule has 1 heterocycles. The quantitative estimate of drug-likeness (QED) is 0.929. The predicted octanol–water partition coefficient (Wildman–Crippen LogP) is 2.49. The Balaban J connectivity index is 1.77. The Morgan fingerprint density at radius 2 is 2.19 bits per heavy atom. The van der Waals surface area contributed by atoms with Gasteiger partial charge in [-0.3, -0.25) is 4.79 Å². The zero-order valence-corrected chi connectivity index (χ0v) is 12.6. The summed E-state index contributed by atoms with van der Waals surface area (Å²) in [6, 6.07) is 8.50. The van der Waals surface area contributed by atoms with Crippen molar-refractivity contribution in [3.05, 3.63) is 29.8 Å². The molecule has 2 N–H and O–H groups in total. The van der Waals surface area contributed by atoms with Crippen LogP contribution in [0, 0.1) is 5.92 Å². The van der Waals surface area contributed by atoms with Crippen LogP contribution in [-0.2, 0) is 4.79 Å². The summed E-state index contributed by atoms with van der Waals surface area (Å²) in [5.74, 6) is 1.29. The lowest BCUT2D eigenvalue weighted by molar-refractivity contribution is -0.136. The summed E-state index contributed by atoms with van der Waals surface area (Å²) < 4.78 is 5.30. The minimum Gasteiger partial charge on any atom is -0.497 e. The molecule has 4 nitrogen and oxygen atoms in total. The molecule has 1 aliphatic carbocycles. The average Bonchev–Trinajstić information content (AvgIpc) is 3.15. The number of carbonyl (C=O) groups excluding carboxylic acids is 1. The molecular formula is C17H24N2O2. The topological polar surface area (TPSA) is 55.6 Å². The van der Waals surface area contributed by atoms with E-state index in [1.54, 1.807) is 7.11 Å². The second-order valence-corrected chi connectivity index (χ2v) is 6.24. The first-order chi connectivity index (χ1) is 10.2. The second-order valence-electron chi connectivity index (χ2n) is 6.24. The maximum absolute atomic E-state index is 12.8. The van der Waals surface area contributed by atoms with Crippen LogP contribution in [0.2, 0.25) is 0 Å². The van der Waals surface area contributed by atoms with Gasteiger partial charge in [0.25, 0.3) is 0 Å². The van der Waals surface area contributed by atoms with Crippen LogP contribution in [0.5, 0.6) is 5.75 Å². The lowest BCUT2D eigenvalue weighted by atomic mass is 10.0. The van der Waals surface area contributed by atoms with Crippen LogP contribution < -0.4 is 10.5 Å². The Kier molecular flexibility index (Phi) is 4.15. The number of carbonyl (C=O) groups is 1. The summed E-state index contributed by atoms with van der Waals surface area (Å²) in [7, 11) is 1.68. The SMILES string of the molecule is COc1cccc([C@@H]2CCCN2C(=O)[C@@H]2CC[C@H](N)C2)c1. The van der Waals surface area contributed by atoms with Crippen LogP contribution >= 0.6 is 0 Å².